The number of amides is 2. The number of anilines is 3. The van der Waals surface area contributed by atoms with E-state index in [1.807, 2.05) is 0 Å². The summed E-state index contributed by atoms with van der Waals surface area (Å²) in [5.41, 5.74) is 1.23. The third-order valence-corrected chi connectivity index (χ3v) is 5.96. The van der Waals surface area contributed by atoms with Crippen molar-refractivity contribution in [2.45, 2.75) is 13.8 Å². The number of hydrogen-bond acceptors (Lipinski definition) is 7. The van der Waals surface area contributed by atoms with Gasteiger partial charge in [-0.05, 0) is 55.6 Å². The normalized spacial score (nSPS) is 10.8. The standard InChI is InChI=1S/C26H30ClFN6O3/c1-5-34(6-2)16-15-32(3)24(35)18-7-10-20(11-8-18)30-25-29-14-13-23(31-25)33(4)26(36)37-22-17-19(27)9-12-21(22)28/h7-14,17H,5-6,15-16H2,1-4H3,(H,29,30,31). The summed E-state index contributed by atoms with van der Waals surface area (Å²) in [6.07, 6.45) is 0.621. The fraction of sp³-hybridized carbons (Fsp3) is 0.308. The predicted octanol–water partition coefficient (Wildman–Crippen LogP) is 5.06. The molecular weight excluding hydrogens is 499 g/mol. The molecule has 0 radical (unpaired) electrons. The van der Waals surface area contributed by atoms with E-state index in [9.17, 15) is 14.0 Å². The molecule has 37 heavy (non-hydrogen) atoms. The summed E-state index contributed by atoms with van der Waals surface area (Å²) in [5.74, 6) is -0.611. The van der Waals surface area contributed by atoms with E-state index in [1.54, 1.807) is 36.2 Å². The first-order valence-electron chi connectivity index (χ1n) is 11.8. The van der Waals surface area contributed by atoms with Gasteiger partial charge in [0.05, 0.1) is 0 Å². The summed E-state index contributed by atoms with van der Waals surface area (Å²) in [6, 6.07) is 12.2. The third kappa shape index (κ3) is 7.61. The van der Waals surface area contributed by atoms with Gasteiger partial charge in [0.25, 0.3) is 5.91 Å². The van der Waals surface area contributed by atoms with Crippen molar-refractivity contribution >= 4 is 41.1 Å². The number of benzene rings is 2. The largest absolute Gasteiger partial charge is 0.420 e. The second-order valence-electron chi connectivity index (χ2n) is 8.20. The quantitative estimate of drug-likeness (QED) is 0.393. The van der Waals surface area contributed by atoms with Crippen LogP contribution in [-0.2, 0) is 0 Å². The second kappa shape index (κ2) is 13.0. The summed E-state index contributed by atoms with van der Waals surface area (Å²) in [5, 5.41) is 3.28. The van der Waals surface area contributed by atoms with E-state index in [0.29, 0.717) is 17.8 Å². The minimum atomic E-state index is -0.848. The molecule has 0 saturated heterocycles. The number of ether oxygens (including phenoxy) is 1. The Balaban J connectivity index is 1.62. The predicted molar refractivity (Wildman–Crippen MR) is 142 cm³/mol. The second-order valence-corrected chi connectivity index (χ2v) is 8.63. The minimum Gasteiger partial charge on any atom is -0.407 e. The van der Waals surface area contributed by atoms with E-state index in [4.69, 9.17) is 16.3 Å². The molecule has 3 aromatic rings. The number of hydrogen-bond donors (Lipinski definition) is 1. The Morgan fingerprint density at radius 3 is 2.41 bits per heavy atom. The SMILES string of the molecule is CCN(CC)CCN(C)C(=O)c1ccc(Nc2nccc(N(C)C(=O)Oc3cc(Cl)ccc3F)n2)cc1. The van der Waals surface area contributed by atoms with Gasteiger partial charge in [0.1, 0.15) is 5.82 Å². The van der Waals surface area contributed by atoms with Crippen molar-refractivity contribution in [3.63, 3.8) is 0 Å². The highest BCUT2D eigenvalue weighted by Crippen LogP contribution is 2.23. The van der Waals surface area contributed by atoms with Crippen molar-refractivity contribution in [3.05, 3.63) is 71.1 Å². The van der Waals surface area contributed by atoms with Crippen LogP contribution in [0.25, 0.3) is 0 Å². The first-order valence-corrected chi connectivity index (χ1v) is 12.2. The van der Waals surface area contributed by atoms with Gasteiger partial charge in [0.2, 0.25) is 5.95 Å². The lowest BCUT2D eigenvalue weighted by molar-refractivity contribution is 0.0780. The number of nitrogens with one attached hydrogen (secondary N) is 1. The molecule has 0 aliphatic rings. The van der Waals surface area contributed by atoms with Crippen LogP contribution in [0.4, 0.5) is 26.6 Å². The van der Waals surface area contributed by atoms with Gasteiger partial charge in [0.15, 0.2) is 11.6 Å². The molecular formula is C26H30ClFN6O3. The molecule has 1 heterocycles. The van der Waals surface area contributed by atoms with Crippen LogP contribution in [0.1, 0.15) is 24.2 Å². The Bertz CT molecular complexity index is 1220. The zero-order valence-corrected chi connectivity index (χ0v) is 22.0. The lowest BCUT2D eigenvalue weighted by Gasteiger charge is -2.23. The van der Waals surface area contributed by atoms with Gasteiger partial charge in [-0.1, -0.05) is 25.4 Å². The van der Waals surface area contributed by atoms with Crippen molar-refractivity contribution in [3.8, 4) is 5.75 Å². The van der Waals surface area contributed by atoms with Crippen molar-refractivity contribution < 1.29 is 18.7 Å². The molecule has 2 aromatic carbocycles. The molecule has 2 amide bonds. The van der Waals surface area contributed by atoms with Crippen LogP contribution in [0, 0.1) is 5.82 Å². The summed E-state index contributed by atoms with van der Waals surface area (Å²) < 4.78 is 19.0. The summed E-state index contributed by atoms with van der Waals surface area (Å²) >= 11 is 5.85. The maximum Gasteiger partial charge on any atom is 0.420 e. The molecule has 1 aromatic heterocycles. The molecule has 3 rings (SSSR count). The Kier molecular flexibility index (Phi) is 9.76. The Morgan fingerprint density at radius 2 is 1.73 bits per heavy atom. The summed E-state index contributed by atoms with van der Waals surface area (Å²) in [7, 11) is 3.23. The lowest BCUT2D eigenvalue weighted by Crippen LogP contribution is -2.36. The number of aromatic nitrogens is 2. The molecule has 0 atom stereocenters. The summed E-state index contributed by atoms with van der Waals surface area (Å²) in [6.45, 7) is 7.55. The van der Waals surface area contributed by atoms with Crippen molar-refractivity contribution in [1.82, 2.24) is 19.8 Å². The van der Waals surface area contributed by atoms with E-state index >= 15 is 0 Å². The van der Waals surface area contributed by atoms with E-state index in [1.165, 1.54) is 31.4 Å². The van der Waals surface area contributed by atoms with Gasteiger partial charge >= 0.3 is 6.09 Å². The molecule has 0 aliphatic heterocycles. The summed E-state index contributed by atoms with van der Waals surface area (Å²) in [4.78, 5) is 38.8. The fourth-order valence-corrected chi connectivity index (χ4v) is 3.55. The molecule has 0 bridgehead atoms. The number of halogens is 2. The van der Waals surface area contributed by atoms with E-state index in [2.05, 4.69) is 34.0 Å². The van der Waals surface area contributed by atoms with Crippen molar-refractivity contribution in [2.24, 2.45) is 0 Å². The Morgan fingerprint density at radius 1 is 1.03 bits per heavy atom. The van der Waals surface area contributed by atoms with E-state index < -0.39 is 11.9 Å². The van der Waals surface area contributed by atoms with Crippen molar-refractivity contribution in [1.29, 1.82) is 0 Å². The first-order chi connectivity index (χ1) is 17.7. The minimum absolute atomic E-state index is 0.0618. The van der Waals surface area contributed by atoms with Gasteiger partial charge in [0, 0.05) is 55.7 Å². The molecule has 0 fully saturated rings. The van der Waals surface area contributed by atoms with Crippen molar-refractivity contribution in [2.75, 3.05) is 50.5 Å². The fourth-order valence-electron chi connectivity index (χ4n) is 3.39. The Hall–Kier alpha value is -3.76. The number of likely N-dealkylation sites (N-methyl/N-ethyl adjacent to an activating group) is 2. The smallest absolute Gasteiger partial charge is 0.407 e. The lowest BCUT2D eigenvalue weighted by atomic mass is 10.2. The number of nitrogens with zero attached hydrogens (tertiary/aromatic N) is 5. The topological polar surface area (TPSA) is 90.9 Å². The van der Waals surface area contributed by atoms with Crippen LogP contribution in [0.5, 0.6) is 5.75 Å². The van der Waals surface area contributed by atoms with Crippen LogP contribution in [0.15, 0.2) is 54.7 Å². The van der Waals surface area contributed by atoms with Crippen LogP contribution < -0.4 is 15.0 Å². The average Bonchev–Trinajstić information content (AvgIpc) is 2.91. The molecule has 0 saturated carbocycles. The third-order valence-electron chi connectivity index (χ3n) is 5.73. The highest BCUT2D eigenvalue weighted by atomic mass is 35.5. The maximum absolute atomic E-state index is 13.9. The van der Waals surface area contributed by atoms with E-state index in [-0.39, 0.29) is 28.4 Å². The average molecular weight is 529 g/mol. The van der Waals surface area contributed by atoms with Gasteiger partial charge in [-0.25, -0.2) is 14.2 Å². The molecule has 9 nitrogen and oxygen atoms in total. The van der Waals surface area contributed by atoms with Crippen LogP contribution >= 0.6 is 11.6 Å². The molecule has 1 N–H and O–H groups in total. The zero-order chi connectivity index (χ0) is 26.9. The first kappa shape index (κ1) is 27.8. The molecule has 0 spiro atoms. The van der Waals surface area contributed by atoms with Gasteiger partial charge in [-0.15, -0.1) is 0 Å². The monoisotopic (exact) mass is 528 g/mol. The van der Waals surface area contributed by atoms with Gasteiger partial charge in [-0.2, -0.15) is 4.98 Å². The number of rotatable bonds is 10. The highest BCUT2D eigenvalue weighted by molar-refractivity contribution is 6.30. The van der Waals surface area contributed by atoms with E-state index in [0.717, 1.165) is 30.6 Å². The Labute approximate surface area is 220 Å². The van der Waals surface area contributed by atoms with Gasteiger partial charge < -0.3 is 19.9 Å². The zero-order valence-electron chi connectivity index (χ0n) is 21.2. The van der Waals surface area contributed by atoms with Crippen LogP contribution in [-0.4, -0.2) is 72.0 Å². The molecule has 196 valence electrons. The molecule has 11 heteroatoms. The molecule has 0 aliphatic carbocycles. The number of carbonyl (C=O) groups excluding carboxylic acids is 2. The maximum atomic E-state index is 13.9. The van der Waals surface area contributed by atoms with Crippen LogP contribution in [0.3, 0.4) is 0 Å². The highest BCUT2D eigenvalue weighted by Gasteiger charge is 2.18. The number of carbonyl (C=O) groups is 2. The van der Waals surface area contributed by atoms with Crippen LogP contribution in [0.2, 0.25) is 5.02 Å². The molecule has 0 unspecified atom stereocenters. The van der Waals surface area contributed by atoms with Gasteiger partial charge in [-0.3, -0.25) is 9.69 Å².